The SMILES string of the molecule is CCN(CCN(C)C(=O)c1ccco1)C(=O)O[C@@H]1C[C@@H](C(=O)N[C@@H](CCCCN)C(=O)c2nc3ccccc3o2)N(C(=O)[C@@H](CCc2ccccc2)NC(=O)OCc2ccccc2)C1. The molecule has 0 unspecified atom stereocenters. The lowest BCUT2D eigenvalue weighted by atomic mass is 10.0. The average molecular weight is 878 g/mol. The van der Waals surface area contributed by atoms with Crippen LogP contribution < -0.4 is 16.4 Å². The predicted molar refractivity (Wildman–Crippen MR) is 235 cm³/mol. The maximum Gasteiger partial charge on any atom is 0.410 e. The smallest absolute Gasteiger partial charge is 0.410 e. The standard InChI is InChI=1S/C47H55N7O10/c1-3-53(27-26-52(2)45(58)40-22-14-28-61-40)47(60)63-34-29-38(42(56)49-36(20-12-13-25-48)41(55)43-50-35-19-10-11-21-39(35)64-43)54(30-34)44(57)37(24-23-32-15-6-4-7-16-32)51-46(59)62-31-33-17-8-5-9-18-33/h4-11,14-19,21-22,28,34,36-38H,3,12-13,20,23-27,29-31,48H2,1-2H3,(H,49,56)(H,51,59)/t34-,36+,37-,38+/m1/s1. The summed E-state index contributed by atoms with van der Waals surface area (Å²) in [5.41, 5.74) is 8.32. The molecule has 0 aliphatic carbocycles. The number of aryl methyl sites for hydroxylation is 1. The van der Waals surface area contributed by atoms with E-state index in [1.54, 1.807) is 62.5 Å². The van der Waals surface area contributed by atoms with Gasteiger partial charge in [-0.1, -0.05) is 72.8 Å². The fourth-order valence-corrected chi connectivity index (χ4v) is 7.41. The van der Waals surface area contributed by atoms with Gasteiger partial charge in [-0.15, -0.1) is 0 Å². The molecule has 0 radical (unpaired) electrons. The Morgan fingerprint density at radius 3 is 2.27 bits per heavy atom. The number of fused-ring (bicyclic) bond motifs is 1. The number of oxazole rings is 1. The molecule has 1 fully saturated rings. The van der Waals surface area contributed by atoms with E-state index in [9.17, 15) is 28.8 Å². The van der Waals surface area contributed by atoms with Gasteiger partial charge in [-0.3, -0.25) is 19.2 Å². The second kappa shape index (κ2) is 22.9. The third-order valence-electron chi connectivity index (χ3n) is 11.0. The van der Waals surface area contributed by atoms with Gasteiger partial charge in [0.15, 0.2) is 11.3 Å². The van der Waals surface area contributed by atoms with Crippen LogP contribution in [-0.2, 0) is 32.1 Å². The number of ether oxygens (including phenoxy) is 2. The summed E-state index contributed by atoms with van der Waals surface area (Å²) >= 11 is 0. The van der Waals surface area contributed by atoms with Crippen molar-refractivity contribution >= 4 is 46.8 Å². The van der Waals surface area contributed by atoms with E-state index < -0.39 is 54.0 Å². The van der Waals surface area contributed by atoms with Crippen LogP contribution in [0.3, 0.4) is 0 Å². The van der Waals surface area contributed by atoms with Gasteiger partial charge in [-0.2, -0.15) is 0 Å². The molecule has 1 saturated heterocycles. The van der Waals surface area contributed by atoms with Crippen molar-refractivity contribution in [1.82, 2.24) is 30.3 Å². The Morgan fingerprint density at radius 2 is 1.58 bits per heavy atom. The Morgan fingerprint density at radius 1 is 0.859 bits per heavy atom. The maximum absolute atomic E-state index is 14.8. The molecule has 17 nitrogen and oxygen atoms in total. The van der Waals surface area contributed by atoms with Gasteiger partial charge in [-0.05, 0) is 81.0 Å². The molecule has 64 heavy (non-hydrogen) atoms. The number of para-hydroxylation sites is 2. The number of Topliss-reactive ketones (excluding diaryl/α,β-unsaturated/α-hetero) is 1. The molecule has 3 heterocycles. The number of aromatic nitrogens is 1. The molecule has 0 spiro atoms. The molecule has 1 aliphatic rings. The minimum absolute atomic E-state index is 0.0422. The van der Waals surface area contributed by atoms with Crippen molar-refractivity contribution in [2.45, 2.75) is 76.3 Å². The molecule has 1 aliphatic heterocycles. The summed E-state index contributed by atoms with van der Waals surface area (Å²) in [7, 11) is 1.59. The number of alkyl carbamates (subject to hydrolysis) is 1. The first-order chi connectivity index (χ1) is 31.0. The van der Waals surface area contributed by atoms with Crippen molar-refractivity contribution < 1.29 is 47.1 Å². The number of furan rings is 1. The molecule has 338 valence electrons. The van der Waals surface area contributed by atoms with Gasteiger partial charge in [0.2, 0.25) is 17.6 Å². The third kappa shape index (κ3) is 12.6. The quantitative estimate of drug-likeness (QED) is 0.0628. The summed E-state index contributed by atoms with van der Waals surface area (Å²) < 4.78 is 22.5. The molecule has 6 rings (SSSR count). The largest absolute Gasteiger partial charge is 0.459 e. The molecule has 4 atom stereocenters. The molecule has 2 aromatic heterocycles. The first-order valence-electron chi connectivity index (χ1n) is 21.5. The van der Waals surface area contributed by atoms with Gasteiger partial charge in [0, 0.05) is 33.1 Å². The average Bonchev–Trinajstić information content (AvgIpc) is 4.11. The highest BCUT2D eigenvalue weighted by atomic mass is 16.6. The highest BCUT2D eigenvalue weighted by molar-refractivity contribution is 6.01. The number of nitrogens with two attached hydrogens (primary N) is 1. The summed E-state index contributed by atoms with van der Waals surface area (Å²) in [6.45, 7) is 2.41. The van der Waals surface area contributed by atoms with Crippen molar-refractivity contribution in [3.63, 3.8) is 0 Å². The van der Waals surface area contributed by atoms with Crippen LogP contribution in [0.25, 0.3) is 11.1 Å². The highest BCUT2D eigenvalue weighted by Gasteiger charge is 2.45. The Labute approximate surface area is 371 Å². The number of likely N-dealkylation sites (N-methyl/N-ethyl adjacent to an activating group) is 2. The zero-order valence-corrected chi connectivity index (χ0v) is 36.1. The molecule has 17 heteroatoms. The number of amides is 5. The van der Waals surface area contributed by atoms with Gasteiger partial charge in [0.05, 0.1) is 18.8 Å². The second-order valence-electron chi connectivity index (χ2n) is 15.5. The number of ketones is 1. The minimum Gasteiger partial charge on any atom is -0.459 e. The van der Waals surface area contributed by atoms with E-state index in [4.69, 9.17) is 24.0 Å². The number of rotatable bonds is 21. The normalized spacial score (nSPS) is 15.5. The fraction of sp³-hybridized carbons (Fsp3) is 0.383. The first kappa shape index (κ1) is 46.5. The lowest BCUT2D eigenvalue weighted by Gasteiger charge is -2.29. The van der Waals surface area contributed by atoms with Crippen molar-refractivity contribution in [2.24, 2.45) is 5.73 Å². The van der Waals surface area contributed by atoms with E-state index in [1.807, 2.05) is 48.5 Å². The topological polar surface area (TPSA) is 220 Å². The van der Waals surface area contributed by atoms with Crippen LogP contribution in [0.5, 0.6) is 0 Å². The number of hydrogen-bond donors (Lipinski definition) is 3. The van der Waals surface area contributed by atoms with Gasteiger partial charge in [-0.25, -0.2) is 14.6 Å². The van der Waals surface area contributed by atoms with E-state index >= 15 is 0 Å². The Kier molecular flexibility index (Phi) is 16.6. The van der Waals surface area contributed by atoms with Crippen molar-refractivity contribution in [2.75, 3.05) is 39.8 Å². The molecule has 3 aromatic carbocycles. The molecule has 0 bridgehead atoms. The summed E-state index contributed by atoms with van der Waals surface area (Å²) in [5.74, 6) is -2.22. The lowest BCUT2D eigenvalue weighted by molar-refractivity contribution is -0.140. The van der Waals surface area contributed by atoms with Crippen LogP contribution in [0.4, 0.5) is 9.59 Å². The molecule has 0 saturated carbocycles. The highest BCUT2D eigenvalue weighted by Crippen LogP contribution is 2.25. The lowest BCUT2D eigenvalue weighted by Crippen LogP contribution is -2.55. The molecular formula is C47H55N7O10. The van der Waals surface area contributed by atoms with Crippen LogP contribution in [0.15, 0.2) is 112 Å². The van der Waals surface area contributed by atoms with Crippen LogP contribution in [-0.4, -0.2) is 119 Å². The van der Waals surface area contributed by atoms with Gasteiger partial charge in [0.25, 0.3) is 11.8 Å². The predicted octanol–water partition coefficient (Wildman–Crippen LogP) is 5.35. The molecule has 4 N–H and O–H groups in total. The molecule has 5 amide bonds. The number of carbonyl (C=O) groups is 6. The summed E-state index contributed by atoms with van der Waals surface area (Å²) in [6, 6.07) is 25.1. The number of unbranched alkanes of at least 4 members (excludes halogenated alkanes) is 1. The Hall–Kier alpha value is -7.01. The zero-order chi connectivity index (χ0) is 45.4. The van der Waals surface area contributed by atoms with Crippen LogP contribution in [0, 0.1) is 0 Å². The van der Waals surface area contributed by atoms with E-state index in [2.05, 4.69) is 15.6 Å². The Bertz CT molecular complexity index is 2290. The summed E-state index contributed by atoms with van der Waals surface area (Å²) in [4.78, 5) is 91.5. The first-order valence-corrected chi connectivity index (χ1v) is 21.5. The van der Waals surface area contributed by atoms with E-state index in [0.29, 0.717) is 36.9 Å². The zero-order valence-electron chi connectivity index (χ0n) is 36.1. The number of hydrogen-bond acceptors (Lipinski definition) is 12. The second-order valence-corrected chi connectivity index (χ2v) is 15.5. The van der Waals surface area contributed by atoms with E-state index in [1.165, 1.54) is 21.0 Å². The monoisotopic (exact) mass is 877 g/mol. The number of likely N-dealkylation sites (tertiary alicyclic amines) is 1. The maximum atomic E-state index is 14.8. The van der Waals surface area contributed by atoms with E-state index in [0.717, 1.165) is 11.1 Å². The summed E-state index contributed by atoms with van der Waals surface area (Å²) in [6.07, 6.45) is 0.579. The van der Waals surface area contributed by atoms with Gasteiger partial charge < -0.3 is 49.4 Å². The minimum atomic E-state index is -1.23. The van der Waals surface area contributed by atoms with Crippen molar-refractivity contribution in [3.8, 4) is 0 Å². The van der Waals surface area contributed by atoms with Crippen LogP contribution >= 0.6 is 0 Å². The van der Waals surface area contributed by atoms with Crippen molar-refractivity contribution in [3.05, 3.63) is 126 Å². The van der Waals surface area contributed by atoms with Gasteiger partial charge >= 0.3 is 12.2 Å². The molecule has 5 aromatic rings. The van der Waals surface area contributed by atoms with Gasteiger partial charge in [0.1, 0.15) is 30.3 Å². The van der Waals surface area contributed by atoms with Crippen LogP contribution in [0.2, 0.25) is 0 Å². The summed E-state index contributed by atoms with van der Waals surface area (Å²) in [5, 5.41) is 5.58. The third-order valence-corrected chi connectivity index (χ3v) is 11.0. The number of nitrogens with zero attached hydrogens (tertiary/aromatic N) is 4. The van der Waals surface area contributed by atoms with Crippen LogP contribution in [0.1, 0.15) is 71.4 Å². The van der Waals surface area contributed by atoms with E-state index in [-0.39, 0.29) is 69.6 Å². The number of benzene rings is 3. The van der Waals surface area contributed by atoms with Crippen molar-refractivity contribution in [1.29, 1.82) is 0 Å². The molecular weight excluding hydrogens is 823 g/mol. The Balaban J connectivity index is 1.23. The number of nitrogens with one attached hydrogen (secondary N) is 2. The number of carbonyl (C=O) groups excluding carboxylic acids is 6. The fourth-order valence-electron chi connectivity index (χ4n) is 7.41.